The molecular weight excluding hydrogens is 388 g/mol. The number of nitriles is 1. The number of carbonyl (C=O) groups is 1. The first-order valence-corrected chi connectivity index (χ1v) is 9.67. The first-order valence-electron chi connectivity index (χ1n) is 9.67. The number of nitrogens with zero attached hydrogens (tertiary/aromatic N) is 3. The molecule has 0 fully saturated rings. The molecule has 1 aromatic carbocycles. The molecule has 3 heterocycles. The van der Waals surface area contributed by atoms with E-state index in [-0.39, 0.29) is 5.57 Å². The van der Waals surface area contributed by atoms with Crippen LogP contribution in [-0.2, 0) is 4.79 Å². The number of rotatable bonds is 5. The molecule has 0 atom stereocenters. The number of aromatic amines is 1. The number of aromatic nitrogens is 3. The second-order valence-corrected chi connectivity index (χ2v) is 6.91. The summed E-state index contributed by atoms with van der Waals surface area (Å²) >= 11 is 0. The van der Waals surface area contributed by atoms with Gasteiger partial charge in [0.05, 0.1) is 5.69 Å². The molecule has 0 saturated carbocycles. The maximum absolute atomic E-state index is 11.8. The van der Waals surface area contributed by atoms with E-state index < -0.39 is 5.91 Å². The number of carbonyl (C=O) groups excluding carboxylic acids is 1. The van der Waals surface area contributed by atoms with Crippen LogP contribution in [0.2, 0.25) is 0 Å². The largest absolute Gasteiger partial charge is 0.387 e. The van der Waals surface area contributed by atoms with Gasteiger partial charge in [0.1, 0.15) is 17.3 Å². The van der Waals surface area contributed by atoms with Crippen LogP contribution in [0.4, 0.5) is 5.69 Å². The Hall–Kier alpha value is -4.44. The maximum atomic E-state index is 11.8. The molecule has 0 spiro atoms. The number of benzene rings is 1. The van der Waals surface area contributed by atoms with Crippen LogP contribution in [0.3, 0.4) is 0 Å². The lowest BCUT2D eigenvalue weighted by molar-refractivity contribution is -0.116. The average Bonchev–Trinajstić information content (AvgIpc) is 3.25. The van der Waals surface area contributed by atoms with Crippen molar-refractivity contribution in [3.63, 3.8) is 0 Å². The molecule has 31 heavy (non-hydrogen) atoms. The number of H-pyrrole nitrogens is 1. The van der Waals surface area contributed by atoms with Crippen molar-refractivity contribution in [1.82, 2.24) is 20.3 Å². The number of likely N-dealkylation sites (N-methyl/N-ethyl adjacent to an activating group) is 1. The van der Waals surface area contributed by atoms with Crippen LogP contribution in [0.1, 0.15) is 5.56 Å². The van der Waals surface area contributed by atoms with E-state index in [4.69, 9.17) is 0 Å². The SMILES string of the molecule is CNC(=O)/C(C#N)=C/c1cccc(-c2cnc3[nH]cc(-c4cncc(NC)c4)c3c2)c1. The highest BCUT2D eigenvalue weighted by atomic mass is 16.1. The molecule has 7 nitrogen and oxygen atoms in total. The molecule has 3 N–H and O–H groups in total. The van der Waals surface area contributed by atoms with Gasteiger partial charge in [0.15, 0.2) is 0 Å². The molecule has 0 bridgehead atoms. The molecule has 4 rings (SSSR count). The summed E-state index contributed by atoms with van der Waals surface area (Å²) < 4.78 is 0. The smallest absolute Gasteiger partial charge is 0.261 e. The Bertz CT molecular complexity index is 1350. The number of nitrogens with one attached hydrogen (secondary N) is 3. The van der Waals surface area contributed by atoms with Crippen molar-refractivity contribution in [2.45, 2.75) is 0 Å². The quantitative estimate of drug-likeness (QED) is 0.342. The number of hydrogen-bond acceptors (Lipinski definition) is 5. The van der Waals surface area contributed by atoms with Gasteiger partial charge in [0.25, 0.3) is 5.91 Å². The molecule has 0 saturated heterocycles. The third-order valence-electron chi connectivity index (χ3n) is 4.99. The van der Waals surface area contributed by atoms with Crippen LogP contribution in [0.5, 0.6) is 0 Å². The van der Waals surface area contributed by atoms with Gasteiger partial charge in [-0.25, -0.2) is 4.98 Å². The summed E-state index contributed by atoms with van der Waals surface area (Å²) in [6.45, 7) is 0. The lowest BCUT2D eigenvalue weighted by Gasteiger charge is -2.06. The van der Waals surface area contributed by atoms with E-state index in [0.29, 0.717) is 0 Å². The van der Waals surface area contributed by atoms with Crippen LogP contribution in [0.25, 0.3) is 39.4 Å². The Morgan fingerprint density at radius 2 is 1.97 bits per heavy atom. The average molecular weight is 408 g/mol. The third-order valence-corrected chi connectivity index (χ3v) is 4.99. The minimum absolute atomic E-state index is 0.0538. The molecule has 0 unspecified atom stereocenters. The number of fused-ring (bicyclic) bond motifs is 1. The van der Waals surface area contributed by atoms with E-state index in [1.165, 1.54) is 7.05 Å². The zero-order valence-electron chi connectivity index (χ0n) is 17.1. The molecule has 0 radical (unpaired) electrons. The standard InChI is InChI=1S/C24H20N6O/c1-26-20-8-19(11-28-13-20)22-14-30-23-21(22)9-18(12-29-23)16-5-3-4-15(6-16)7-17(10-25)24(31)27-2/h3-9,11-14,26H,1-2H3,(H,27,31)(H,29,30)/b17-7+. The molecule has 152 valence electrons. The summed E-state index contributed by atoms with van der Waals surface area (Å²) in [5.41, 5.74) is 6.40. The topological polar surface area (TPSA) is 106 Å². The fourth-order valence-corrected chi connectivity index (χ4v) is 3.38. The zero-order chi connectivity index (χ0) is 21.8. The molecule has 7 heteroatoms. The normalized spacial score (nSPS) is 11.2. The monoisotopic (exact) mass is 408 g/mol. The van der Waals surface area contributed by atoms with Crippen LogP contribution in [0.15, 0.2) is 66.8 Å². The summed E-state index contributed by atoms with van der Waals surface area (Å²) in [5, 5.41) is 15.8. The molecule has 0 aliphatic carbocycles. The summed E-state index contributed by atoms with van der Waals surface area (Å²) in [5.74, 6) is -0.412. The van der Waals surface area contributed by atoms with Gasteiger partial charge < -0.3 is 15.6 Å². The third kappa shape index (κ3) is 4.00. The minimum Gasteiger partial charge on any atom is -0.387 e. The second kappa shape index (κ2) is 8.51. The van der Waals surface area contributed by atoms with Crippen molar-refractivity contribution in [2.75, 3.05) is 19.4 Å². The molecule has 0 aliphatic heterocycles. The number of pyridine rings is 2. The van der Waals surface area contributed by atoms with E-state index in [9.17, 15) is 10.1 Å². The van der Waals surface area contributed by atoms with Crippen LogP contribution in [0, 0.1) is 11.3 Å². The highest BCUT2D eigenvalue weighted by Crippen LogP contribution is 2.32. The van der Waals surface area contributed by atoms with E-state index in [0.717, 1.165) is 44.5 Å². The van der Waals surface area contributed by atoms with Crippen molar-refractivity contribution in [2.24, 2.45) is 0 Å². The van der Waals surface area contributed by atoms with Crippen molar-refractivity contribution >= 4 is 28.7 Å². The minimum atomic E-state index is -0.412. The van der Waals surface area contributed by atoms with Crippen LogP contribution >= 0.6 is 0 Å². The number of hydrogen-bond donors (Lipinski definition) is 3. The highest BCUT2D eigenvalue weighted by molar-refractivity contribution is 6.01. The molecular formula is C24H20N6O. The Morgan fingerprint density at radius 1 is 1.10 bits per heavy atom. The fraction of sp³-hybridized carbons (Fsp3) is 0.0833. The summed E-state index contributed by atoms with van der Waals surface area (Å²) in [4.78, 5) is 23.9. The van der Waals surface area contributed by atoms with Gasteiger partial charge in [-0.2, -0.15) is 5.26 Å². The van der Waals surface area contributed by atoms with E-state index in [2.05, 4.69) is 31.7 Å². The first-order chi connectivity index (χ1) is 15.1. The number of anilines is 1. The summed E-state index contributed by atoms with van der Waals surface area (Å²) in [6, 6.07) is 13.7. The van der Waals surface area contributed by atoms with Gasteiger partial charge in [-0.3, -0.25) is 9.78 Å². The summed E-state index contributed by atoms with van der Waals surface area (Å²) in [7, 11) is 3.36. The van der Waals surface area contributed by atoms with E-state index in [1.807, 2.05) is 55.8 Å². The van der Waals surface area contributed by atoms with Crippen molar-refractivity contribution in [3.05, 3.63) is 72.3 Å². The van der Waals surface area contributed by atoms with Gasteiger partial charge in [-0.1, -0.05) is 18.2 Å². The van der Waals surface area contributed by atoms with Crippen molar-refractivity contribution < 1.29 is 4.79 Å². The molecule has 0 aliphatic rings. The molecule has 4 aromatic rings. The van der Waals surface area contributed by atoms with Gasteiger partial charge in [-0.05, 0) is 35.4 Å². The predicted octanol–water partition coefficient (Wildman–Crippen LogP) is 3.99. The van der Waals surface area contributed by atoms with Crippen molar-refractivity contribution in [1.29, 1.82) is 5.26 Å². The van der Waals surface area contributed by atoms with Gasteiger partial charge in [0.2, 0.25) is 0 Å². The Labute approximate surface area is 179 Å². The van der Waals surface area contributed by atoms with Crippen LogP contribution < -0.4 is 10.6 Å². The van der Waals surface area contributed by atoms with E-state index in [1.54, 1.807) is 18.5 Å². The Balaban J connectivity index is 1.77. The molecule has 3 aromatic heterocycles. The van der Waals surface area contributed by atoms with Gasteiger partial charge in [0, 0.05) is 61.0 Å². The lowest BCUT2D eigenvalue weighted by Crippen LogP contribution is -2.19. The Morgan fingerprint density at radius 3 is 2.74 bits per heavy atom. The zero-order valence-corrected chi connectivity index (χ0v) is 17.1. The summed E-state index contributed by atoms with van der Waals surface area (Å²) in [6.07, 6.45) is 8.90. The van der Waals surface area contributed by atoms with Crippen molar-refractivity contribution in [3.8, 4) is 28.3 Å². The van der Waals surface area contributed by atoms with E-state index >= 15 is 0 Å². The maximum Gasteiger partial charge on any atom is 0.261 e. The predicted molar refractivity (Wildman–Crippen MR) is 122 cm³/mol. The number of amides is 1. The second-order valence-electron chi connectivity index (χ2n) is 6.91. The van der Waals surface area contributed by atoms with Gasteiger partial charge in [-0.15, -0.1) is 0 Å². The first kappa shape index (κ1) is 19.9. The Kier molecular flexibility index (Phi) is 5.45. The lowest BCUT2D eigenvalue weighted by atomic mass is 10.0. The highest BCUT2D eigenvalue weighted by Gasteiger charge is 2.11. The molecule has 1 amide bonds. The fourth-order valence-electron chi connectivity index (χ4n) is 3.38. The van der Waals surface area contributed by atoms with Gasteiger partial charge >= 0.3 is 0 Å². The van der Waals surface area contributed by atoms with Crippen LogP contribution in [-0.4, -0.2) is 35.0 Å².